The molecule has 0 saturated heterocycles. The van der Waals surface area contributed by atoms with Crippen LogP contribution in [0.2, 0.25) is 0 Å². The van der Waals surface area contributed by atoms with E-state index in [-0.39, 0.29) is 11.1 Å². The van der Waals surface area contributed by atoms with Crippen LogP contribution in [0.15, 0.2) is 12.1 Å². The van der Waals surface area contributed by atoms with Crippen molar-refractivity contribution in [2.24, 2.45) is 0 Å². The Hall–Kier alpha value is -1.34. The number of halogens is 1. The largest absolute Gasteiger partial charge is 0.398 e. The predicted molar refractivity (Wildman–Crippen MR) is 58.4 cm³/mol. The molecule has 0 bridgehead atoms. The van der Waals surface area contributed by atoms with Gasteiger partial charge in [0.25, 0.3) is 0 Å². The third-order valence-corrected chi connectivity index (χ3v) is 2.54. The molecular formula is C10H9BrN2O. The molecule has 1 aromatic rings. The maximum atomic E-state index is 11.5. The molecule has 3 nitrogen and oxygen atoms in total. The number of nitrogens with zero attached hydrogens (tertiary/aromatic N) is 1. The van der Waals surface area contributed by atoms with Gasteiger partial charge in [0, 0.05) is 11.3 Å². The number of hydrogen-bond acceptors (Lipinski definition) is 3. The number of nitriles is 1. The van der Waals surface area contributed by atoms with Crippen LogP contribution >= 0.6 is 15.9 Å². The summed E-state index contributed by atoms with van der Waals surface area (Å²) in [4.78, 5) is 11.5. The van der Waals surface area contributed by atoms with Gasteiger partial charge in [0.2, 0.25) is 0 Å². The summed E-state index contributed by atoms with van der Waals surface area (Å²) in [5.74, 6) is -0.119. The fraction of sp³-hybridized carbons (Fsp3) is 0.200. The number of benzene rings is 1. The van der Waals surface area contributed by atoms with Crippen molar-refractivity contribution in [2.45, 2.75) is 6.92 Å². The zero-order valence-electron chi connectivity index (χ0n) is 7.67. The monoisotopic (exact) mass is 252 g/mol. The molecule has 0 aromatic heterocycles. The second-order valence-corrected chi connectivity index (χ2v) is 3.43. The summed E-state index contributed by atoms with van der Waals surface area (Å²) in [6.07, 6.45) is 0. The number of ketones is 1. The van der Waals surface area contributed by atoms with Crippen LogP contribution in [0.5, 0.6) is 0 Å². The zero-order chi connectivity index (χ0) is 10.7. The highest BCUT2D eigenvalue weighted by atomic mass is 79.9. The summed E-state index contributed by atoms with van der Waals surface area (Å²) in [6, 6.07) is 5.19. The fourth-order valence-electron chi connectivity index (χ4n) is 1.25. The molecule has 0 unspecified atom stereocenters. The van der Waals surface area contributed by atoms with E-state index in [9.17, 15) is 4.79 Å². The highest BCUT2D eigenvalue weighted by Gasteiger charge is 2.14. The van der Waals surface area contributed by atoms with Gasteiger partial charge in [-0.2, -0.15) is 5.26 Å². The van der Waals surface area contributed by atoms with E-state index in [2.05, 4.69) is 15.9 Å². The van der Waals surface area contributed by atoms with Crippen molar-refractivity contribution < 1.29 is 4.79 Å². The van der Waals surface area contributed by atoms with E-state index >= 15 is 0 Å². The summed E-state index contributed by atoms with van der Waals surface area (Å²) >= 11 is 3.07. The number of rotatable bonds is 2. The van der Waals surface area contributed by atoms with Gasteiger partial charge in [-0.3, -0.25) is 4.79 Å². The Morgan fingerprint density at radius 1 is 1.64 bits per heavy atom. The molecule has 0 saturated carbocycles. The summed E-state index contributed by atoms with van der Waals surface area (Å²) in [6.45, 7) is 1.74. The molecule has 2 N–H and O–H groups in total. The van der Waals surface area contributed by atoms with Gasteiger partial charge in [-0.15, -0.1) is 0 Å². The van der Waals surface area contributed by atoms with E-state index in [0.29, 0.717) is 22.4 Å². The number of alkyl halides is 1. The predicted octanol–water partition coefficient (Wildman–Crippen LogP) is 2.03. The van der Waals surface area contributed by atoms with Crippen molar-refractivity contribution in [2.75, 3.05) is 11.1 Å². The first-order valence-electron chi connectivity index (χ1n) is 4.00. The molecular weight excluding hydrogens is 244 g/mol. The second-order valence-electron chi connectivity index (χ2n) is 2.87. The first-order chi connectivity index (χ1) is 6.61. The fourth-order valence-corrected chi connectivity index (χ4v) is 1.53. The normalized spacial score (nSPS) is 9.50. The SMILES string of the molecule is Cc1c(N)ccc(C#N)c1C(=O)CBr. The summed E-state index contributed by atoms with van der Waals surface area (Å²) in [7, 11) is 0. The maximum absolute atomic E-state index is 11.5. The minimum Gasteiger partial charge on any atom is -0.398 e. The quantitative estimate of drug-likeness (QED) is 0.498. The number of hydrogen-bond donors (Lipinski definition) is 1. The average Bonchev–Trinajstić information content (AvgIpc) is 2.20. The van der Waals surface area contributed by atoms with Crippen LogP contribution in [0, 0.1) is 18.3 Å². The molecule has 0 spiro atoms. The zero-order valence-corrected chi connectivity index (χ0v) is 9.26. The van der Waals surface area contributed by atoms with Gasteiger partial charge >= 0.3 is 0 Å². The third kappa shape index (κ3) is 1.78. The Balaban J connectivity index is 3.45. The number of anilines is 1. The van der Waals surface area contributed by atoms with Crippen LogP contribution in [0.4, 0.5) is 5.69 Å². The number of Topliss-reactive ketones (excluding diaryl/α,β-unsaturated/α-hetero) is 1. The molecule has 72 valence electrons. The highest BCUT2D eigenvalue weighted by Crippen LogP contribution is 2.21. The third-order valence-electron chi connectivity index (χ3n) is 2.03. The van der Waals surface area contributed by atoms with Crippen LogP contribution in [0.1, 0.15) is 21.5 Å². The van der Waals surface area contributed by atoms with Crippen molar-refractivity contribution in [1.29, 1.82) is 5.26 Å². The van der Waals surface area contributed by atoms with Crippen molar-refractivity contribution in [3.63, 3.8) is 0 Å². The lowest BCUT2D eigenvalue weighted by molar-refractivity contribution is 0.102. The maximum Gasteiger partial charge on any atom is 0.175 e. The molecule has 0 atom stereocenters. The molecule has 1 aromatic carbocycles. The van der Waals surface area contributed by atoms with E-state index in [1.165, 1.54) is 0 Å². The van der Waals surface area contributed by atoms with Gasteiger partial charge in [-0.1, -0.05) is 15.9 Å². The molecule has 0 fully saturated rings. The van der Waals surface area contributed by atoms with Gasteiger partial charge < -0.3 is 5.73 Å². The summed E-state index contributed by atoms with van der Waals surface area (Å²) in [5.41, 5.74) is 7.67. The molecule has 0 radical (unpaired) electrons. The molecule has 0 heterocycles. The van der Waals surface area contributed by atoms with Crippen molar-refractivity contribution in [3.8, 4) is 6.07 Å². The van der Waals surface area contributed by atoms with Crippen molar-refractivity contribution in [1.82, 2.24) is 0 Å². The van der Waals surface area contributed by atoms with E-state index in [0.717, 1.165) is 0 Å². The highest BCUT2D eigenvalue weighted by molar-refractivity contribution is 9.09. The van der Waals surface area contributed by atoms with Crippen LogP contribution in [0.3, 0.4) is 0 Å². The number of carbonyl (C=O) groups is 1. The van der Waals surface area contributed by atoms with Crippen LogP contribution in [-0.4, -0.2) is 11.1 Å². The first kappa shape index (κ1) is 10.7. The standard InChI is InChI=1S/C10H9BrN2O/c1-6-8(13)3-2-7(5-12)10(6)9(14)4-11/h2-3H,4,13H2,1H3. The topological polar surface area (TPSA) is 66.9 Å². The molecule has 0 aliphatic heterocycles. The Kier molecular flexibility index (Phi) is 3.26. The Labute approximate surface area is 90.7 Å². The Morgan fingerprint density at radius 3 is 2.79 bits per heavy atom. The number of nitrogen functional groups attached to an aromatic ring is 1. The molecule has 0 aliphatic carbocycles. The average molecular weight is 253 g/mol. The Morgan fingerprint density at radius 2 is 2.29 bits per heavy atom. The van der Waals surface area contributed by atoms with Crippen LogP contribution in [0.25, 0.3) is 0 Å². The molecule has 4 heteroatoms. The summed E-state index contributed by atoms with van der Waals surface area (Å²) in [5, 5.41) is 9.02. The number of nitrogens with two attached hydrogens (primary N) is 1. The lowest BCUT2D eigenvalue weighted by atomic mass is 9.98. The molecule has 0 aliphatic rings. The van der Waals surface area contributed by atoms with E-state index in [1.54, 1.807) is 19.1 Å². The molecule has 0 amide bonds. The first-order valence-corrected chi connectivity index (χ1v) is 5.12. The number of carbonyl (C=O) groups excluding carboxylic acids is 1. The van der Waals surface area contributed by atoms with Gasteiger partial charge in [0.05, 0.1) is 17.0 Å². The smallest absolute Gasteiger partial charge is 0.175 e. The van der Waals surface area contributed by atoms with E-state index < -0.39 is 0 Å². The van der Waals surface area contributed by atoms with Crippen molar-refractivity contribution in [3.05, 3.63) is 28.8 Å². The Bertz CT molecular complexity index is 421. The van der Waals surface area contributed by atoms with Crippen LogP contribution in [-0.2, 0) is 0 Å². The van der Waals surface area contributed by atoms with Gasteiger partial charge in [-0.05, 0) is 24.6 Å². The molecule has 14 heavy (non-hydrogen) atoms. The minimum atomic E-state index is -0.119. The van der Waals surface area contributed by atoms with Crippen molar-refractivity contribution >= 4 is 27.4 Å². The lowest BCUT2D eigenvalue weighted by Crippen LogP contribution is -2.08. The minimum absolute atomic E-state index is 0.119. The van der Waals surface area contributed by atoms with Crippen LogP contribution < -0.4 is 5.73 Å². The second kappa shape index (κ2) is 4.25. The summed E-state index contributed by atoms with van der Waals surface area (Å²) < 4.78 is 0. The van der Waals surface area contributed by atoms with Gasteiger partial charge in [-0.25, -0.2) is 0 Å². The van der Waals surface area contributed by atoms with E-state index in [1.807, 2.05) is 6.07 Å². The van der Waals surface area contributed by atoms with Gasteiger partial charge in [0.15, 0.2) is 5.78 Å². The lowest BCUT2D eigenvalue weighted by Gasteiger charge is -2.07. The molecule has 1 rings (SSSR count). The van der Waals surface area contributed by atoms with Gasteiger partial charge in [0.1, 0.15) is 0 Å². The van der Waals surface area contributed by atoms with E-state index in [4.69, 9.17) is 11.0 Å².